The van der Waals surface area contributed by atoms with E-state index in [0.717, 1.165) is 68.4 Å². The molecular weight excluding hydrogens is 848 g/mol. The molecule has 1 N–H and O–H groups in total. The number of hydrogen-bond acceptors (Lipinski definition) is 4. The van der Waals surface area contributed by atoms with Gasteiger partial charge in [0.05, 0.1) is 16.7 Å². The van der Waals surface area contributed by atoms with E-state index in [-0.39, 0.29) is 16.2 Å². The monoisotopic (exact) mass is 900 g/mol. The third kappa shape index (κ3) is 6.26. The van der Waals surface area contributed by atoms with Gasteiger partial charge >= 0.3 is 0 Å². The van der Waals surface area contributed by atoms with Crippen LogP contribution in [-0.2, 0) is 16.2 Å². The highest BCUT2D eigenvalue weighted by molar-refractivity contribution is 7.27. The minimum atomic E-state index is -0.0262. The molecule has 0 bridgehead atoms. The topological polar surface area (TPSA) is 43.2 Å². The summed E-state index contributed by atoms with van der Waals surface area (Å²) in [6.07, 6.45) is 0. The van der Waals surface area contributed by atoms with E-state index in [4.69, 9.17) is 8.83 Å². The van der Waals surface area contributed by atoms with Crippen LogP contribution in [0, 0.1) is 0 Å². The molecule has 0 saturated carbocycles. The molecule has 0 radical (unpaired) electrons. The highest BCUT2D eigenvalue weighted by Crippen LogP contribution is 2.51. The lowest BCUT2D eigenvalue weighted by atomic mass is 9.58. The molecule has 13 rings (SSSR count). The largest absolute Gasteiger partial charge is 0.456 e. The molecule has 0 spiro atoms. The lowest BCUT2D eigenvalue weighted by Gasteiger charge is -2.25. The molecule has 12 aromatic rings. The second kappa shape index (κ2) is 14.3. The normalized spacial score (nSPS) is 13.2. The highest BCUT2D eigenvalue weighted by Gasteiger charge is 2.33. The minimum absolute atomic E-state index is 0.0132. The predicted molar refractivity (Wildman–Crippen MR) is 294 cm³/mol. The van der Waals surface area contributed by atoms with Crippen LogP contribution in [0.15, 0.2) is 154 Å². The number of nitrogens with zero attached hydrogens (tertiary/aromatic N) is 1. The van der Waals surface area contributed by atoms with Crippen LogP contribution in [0.5, 0.6) is 0 Å². The zero-order chi connectivity index (χ0) is 46.6. The van der Waals surface area contributed by atoms with Gasteiger partial charge in [-0.25, -0.2) is 0 Å². The number of furan rings is 2. The Bertz CT molecular complexity index is 4070. The highest BCUT2D eigenvalue weighted by atomic mass is 32.1. The van der Waals surface area contributed by atoms with Gasteiger partial charge < -0.3 is 18.7 Å². The van der Waals surface area contributed by atoms with Crippen molar-refractivity contribution in [3.8, 4) is 28.1 Å². The Hall–Kier alpha value is -7.02. The van der Waals surface area contributed by atoms with Gasteiger partial charge in [-0.3, -0.25) is 0 Å². The Balaban J connectivity index is 1.17. The van der Waals surface area contributed by atoms with Crippen LogP contribution >= 0.6 is 11.3 Å². The van der Waals surface area contributed by atoms with Gasteiger partial charge in [0, 0.05) is 75.7 Å². The van der Waals surface area contributed by atoms with Crippen LogP contribution in [0.3, 0.4) is 0 Å². The van der Waals surface area contributed by atoms with Crippen molar-refractivity contribution >= 4 is 116 Å². The average Bonchev–Trinajstić information content (AvgIpc) is 4.08. The maximum absolute atomic E-state index is 6.87. The van der Waals surface area contributed by atoms with Gasteiger partial charge in [-0.2, -0.15) is 0 Å². The van der Waals surface area contributed by atoms with Gasteiger partial charge in [0.25, 0.3) is 0 Å². The van der Waals surface area contributed by atoms with E-state index in [2.05, 4.69) is 218 Å². The summed E-state index contributed by atoms with van der Waals surface area (Å²) in [4.78, 5) is 0. The Labute approximate surface area is 401 Å². The quantitative estimate of drug-likeness (QED) is 0.179. The summed E-state index contributed by atoms with van der Waals surface area (Å²) in [5.74, 6) is 0.881. The van der Waals surface area contributed by atoms with Crippen molar-refractivity contribution in [1.82, 2.24) is 4.57 Å². The zero-order valence-electron chi connectivity index (χ0n) is 40.2. The maximum Gasteiger partial charge on any atom is 0.198 e. The second-order valence-electron chi connectivity index (χ2n) is 22.3. The first-order valence-corrected chi connectivity index (χ1v) is 24.8. The third-order valence-corrected chi connectivity index (χ3v) is 15.8. The van der Waals surface area contributed by atoms with Crippen molar-refractivity contribution < 1.29 is 8.83 Å². The molecule has 0 aliphatic carbocycles. The average molecular weight is 901 g/mol. The van der Waals surface area contributed by atoms with Gasteiger partial charge in [-0.1, -0.05) is 147 Å². The van der Waals surface area contributed by atoms with Crippen LogP contribution in [0.1, 0.15) is 79.0 Å². The molecule has 0 amide bonds. The van der Waals surface area contributed by atoms with E-state index < -0.39 is 0 Å². The summed E-state index contributed by atoms with van der Waals surface area (Å²) in [6.45, 7) is 20.6. The van der Waals surface area contributed by atoms with Crippen LogP contribution in [0.25, 0.3) is 103 Å². The molecule has 0 unspecified atom stereocenters. The molecular formula is C62H53BN2O2S. The van der Waals surface area contributed by atoms with Crippen molar-refractivity contribution in [3.63, 3.8) is 0 Å². The van der Waals surface area contributed by atoms with Gasteiger partial charge in [-0.05, 0) is 105 Å². The van der Waals surface area contributed by atoms with Gasteiger partial charge in [0.15, 0.2) is 7.28 Å². The fraction of sp³-hybridized carbons (Fsp3) is 0.194. The fourth-order valence-corrected chi connectivity index (χ4v) is 12.2. The summed E-state index contributed by atoms with van der Waals surface area (Å²) < 4.78 is 18.8. The third-order valence-electron chi connectivity index (χ3n) is 14.7. The molecule has 6 heteroatoms. The van der Waals surface area contributed by atoms with E-state index >= 15 is 0 Å². The molecule has 0 fully saturated rings. The lowest BCUT2D eigenvalue weighted by Crippen LogP contribution is -2.37. The minimum Gasteiger partial charge on any atom is -0.456 e. The SMILES string of the molecule is CC(C)(C)c1ccc(Nc2cc3oc4cc(C(C)(C)C)ccc4c3cc2-c2c3c4c(c5cc(C(C)(C)C)ccc5n4-c4cc5cc(-c6ccccc6)oc5cc4B3)c3sc4ccccc4c23)cc1. The van der Waals surface area contributed by atoms with Crippen LogP contribution < -0.4 is 16.2 Å². The number of fused-ring (bicyclic) bond motifs is 13. The molecule has 1 aliphatic rings. The first-order valence-electron chi connectivity index (χ1n) is 24.0. The summed E-state index contributed by atoms with van der Waals surface area (Å²) in [6, 6.07) is 54.1. The first kappa shape index (κ1) is 41.2. The van der Waals surface area contributed by atoms with Gasteiger partial charge in [0.2, 0.25) is 0 Å². The van der Waals surface area contributed by atoms with Crippen LogP contribution in [0.2, 0.25) is 0 Å². The van der Waals surface area contributed by atoms with E-state index in [9.17, 15) is 0 Å². The second-order valence-corrected chi connectivity index (χ2v) is 23.3. The van der Waals surface area contributed by atoms with E-state index in [1.807, 2.05) is 11.3 Å². The van der Waals surface area contributed by atoms with E-state index in [1.54, 1.807) is 0 Å². The van der Waals surface area contributed by atoms with E-state index in [1.165, 1.54) is 80.8 Å². The fourth-order valence-electron chi connectivity index (χ4n) is 10.9. The molecule has 0 saturated heterocycles. The first-order chi connectivity index (χ1) is 32.6. The maximum atomic E-state index is 6.87. The number of hydrogen-bond donors (Lipinski definition) is 1. The standard InChI is InChI=1S/C62H53BN2O2S/c1-60(2,3)36-19-23-39(24-20-36)64-46-33-52-42(40-25-21-38(62(7,8)9)30-51(40)67-52)31-43(46)54-55-41-17-13-14-18-53(41)68-59(55)56-44-29-37(61(4,5)6)22-26-47(44)65-48-27-35-28-49(34-15-11-10-12-16-34)66-50(35)32-45(48)63-57(54)58(56)65/h10-33,63-64H,1-9H3. The number of aromatic nitrogens is 1. The van der Waals surface area contributed by atoms with Crippen molar-refractivity contribution in [3.05, 3.63) is 162 Å². The molecule has 8 aromatic carbocycles. The Morgan fingerprint density at radius 3 is 2.00 bits per heavy atom. The zero-order valence-corrected chi connectivity index (χ0v) is 41.1. The number of nitrogens with one attached hydrogen (secondary N) is 1. The molecule has 5 heterocycles. The lowest BCUT2D eigenvalue weighted by molar-refractivity contribution is 0.587. The summed E-state index contributed by atoms with van der Waals surface area (Å²) in [5.41, 5.74) is 18.4. The molecule has 332 valence electrons. The molecule has 4 aromatic heterocycles. The van der Waals surface area contributed by atoms with Crippen molar-refractivity contribution in [2.45, 2.75) is 78.6 Å². The van der Waals surface area contributed by atoms with Crippen LogP contribution in [-0.4, -0.2) is 11.8 Å². The van der Waals surface area contributed by atoms with Gasteiger partial charge in [-0.15, -0.1) is 11.3 Å². The Kier molecular flexibility index (Phi) is 8.64. The van der Waals surface area contributed by atoms with Crippen LogP contribution in [0.4, 0.5) is 11.4 Å². The predicted octanol–water partition coefficient (Wildman–Crippen LogP) is 16.5. The number of benzene rings is 8. The summed E-state index contributed by atoms with van der Waals surface area (Å²) in [7, 11) is 0.736. The summed E-state index contributed by atoms with van der Waals surface area (Å²) >= 11 is 1.93. The van der Waals surface area contributed by atoms with E-state index in [0.29, 0.717) is 0 Å². The molecule has 0 atom stereocenters. The molecule has 4 nitrogen and oxygen atoms in total. The number of anilines is 2. The molecule has 68 heavy (non-hydrogen) atoms. The Morgan fingerprint density at radius 2 is 1.24 bits per heavy atom. The van der Waals surface area contributed by atoms with Crippen molar-refractivity contribution in [2.75, 3.05) is 5.32 Å². The Morgan fingerprint density at radius 1 is 0.544 bits per heavy atom. The van der Waals surface area contributed by atoms with Crippen molar-refractivity contribution in [2.24, 2.45) is 0 Å². The number of rotatable bonds is 4. The smallest absolute Gasteiger partial charge is 0.198 e. The summed E-state index contributed by atoms with van der Waals surface area (Å²) in [5, 5.41) is 12.5. The van der Waals surface area contributed by atoms with Crippen molar-refractivity contribution in [1.29, 1.82) is 0 Å². The molecule has 1 aliphatic heterocycles. The number of thiophene rings is 1. The van der Waals surface area contributed by atoms with Gasteiger partial charge in [0.1, 0.15) is 22.5 Å².